The van der Waals surface area contributed by atoms with E-state index in [-0.39, 0.29) is 28.4 Å². The van der Waals surface area contributed by atoms with E-state index in [0.29, 0.717) is 18.1 Å². The Bertz CT molecular complexity index is 1560. The second-order valence-electron chi connectivity index (χ2n) is 7.90. The topological polar surface area (TPSA) is 106 Å². The number of rotatable bonds is 7. The van der Waals surface area contributed by atoms with Gasteiger partial charge in [-0.15, -0.1) is 0 Å². The van der Waals surface area contributed by atoms with Gasteiger partial charge in [0.25, 0.3) is 5.56 Å². The summed E-state index contributed by atoms with van der Waals surface area (Å²) >= 11 is 1.21. The normalized spacial score (nSPS) is 11.2. The number of thioether (sulfide) groups is 1. The van der Waals surface area contributed by atoms with E-state index < -0.39 is 0 Å². The first-order valence-corrected chi connectivity index (χ1v) is 11.8. The molecule has 0 aliphatic heterocycles. The SMILES string of the molecule is Cc1cccc(NC(=O)CSc2nc3nccnc3c(=O)n2CCc2c[nH]c3ccccc23)c1. The number of amides is 1. The average molecular weight is 471 g/mol. The molecular formula is C25H22N6O2S. The molecule has 0 radical (unpaired) electrons. The molecule has 0 bridgehead atoms. The Morgan fingerprint density at radius 3 is 2.85 bits per heavy atom. The van der Waals surface area contributed by atoms with Crippen LogP contribution in [-0.4, -0.2) is 36.2 Å². The average Bonchev–Trinajstić information content (AvgIpc) is 3.25. The van der Waals surface area contributed by atoms with Crippen molar-refractivity contribution in [3.05, 3.63) is 88.6 Å². The summed E-state index contributed by atoms with van der Waals surface area (Å²) in [6.45, 7) is 2.37. The molecule has 0 unspecified atom stereocenters. The molecule has 0 atom stereocenters. The molecule has 0 spiro atoms. The van der Waals surface area contributed by atoms with Gasteiger partial charge in [0, 0.05) is 41.7 Å². The molecule has 5 rings (SSSR count). The fourth-order valence-corrected chi connectivity index (χ4v) is 4.67. The Kier molecular flexibility index (Phi) is 6.09. The highest BCUT2D eigenvalue weighted by atomic mass is 32.2. The Labute approximate surface area is 199 Å². The van der Waals surface area contributed by atoms with Crippen molar-refractivity contribution in [2.24, 2.45) is 0 Å². The van der Waals surface area contributed by atoms with Crippen molar-refractivity contribution in [1.82, 2.24) is 24.5 Å². The number of hydrogen-bond donors (Lipinski definition) is 2. The van der Waals surface area contributed by atoms with E-state index in [2.05, 4.69) is 31.3 Å². The quantitative estimate of drug-likeness (QED) is 0.276. The smallest absolute Gasteiger partial charge is 0.282 e. The fourth-order valence-electron chi connectivity index (χ4n) is 3.86. The number of hydrogen-bond acceptors (Lipinski definition) is 6. The van der Waals surface area contributed by atoms with E-state index >= 15 is 0 Å². The first-order valence-electron chi connectivity index (χ1n) is 10.8. The minimum absolute atomic E-state index is 0.110. The molecule has 8 nitrogen and oxygen atoms in total. The second-order valence-corrected chi connectivity index (χ2v) is 8.84. The number of anilines is 1. The number of para-hydroxylation sites is 1. The van der Waals surface area contributed by atoms with Crippen molar-refractivity contribution in [2.75, 3.05) is 11.1 Å². The fraction of sp³-hybridized carbons (Fsp3) is 0.160. The van der Waals surface area contributed by atoms with Crippen LogP contribution < -0.4 is 10.9 Å². The minimum Gasteiger partial charge on any atom is -0.361 e. The molecule has 2 aromatic carbocycles. The van der Waals surface area contributed by atoms with Gasteiger partial charge in [0.2, 0.25) is 5.91 Å². The molecule has 3 aromatic heterocycles. The standard InChI is InChI=1S/C25H22N6O2S/c1-16-5-4-6-18(13-16)29-21(32)15-34-25-30-23-22(26-10-11-27-23)24(33)31(25)12-9-17-14-28-20-8-3-2-7-19(17)20/h2-8,10-11,13-14,28H,9,12,15H2,1H3,(H,29,32). The highest BCUT2D eigenvalue weighted by Gasteiger charge is 2.16. The van der Waals surface area contributed by atoms with Crippen molar-refractivity contribution in [3.63, 3.8) is 0 Å². The van der Waals surface area contributed by atoms with E-state index in [1.807, 2.05) is 55.6 Å². The van der Waals surface area contributed by atoms with E-state index in [1.165, 1.54) is 24.2 Å². The number of benzene rings is 2. The Balaban J connectivity index is 1.40. The van der Waals surface area contributed by atoms with Gasteiger partial charge in [0.15, 0.2) is 16.3 Å². The largest absolute Gasteiger partial charge is 0.361 e. The van der Waals surface area contributed by atoms with Gasteiger partial charge in [-0.05, 0) is 42.7 Å². The number of carbonyl (C=O) groups is 1. The molecule has 1 amide bonds. The van der Waals surface area contributed by atoms with Crippen LogP contribution in [-0.2, 0) is 17.8 Å². The summed E-state index contributed by atoms with van der Waals surface area (Å²) in [7, 11) is 0. The summed E-state index contributed by atoms with van der Waals surface area (Å²) in [6, 6.07) is 15.7. The van der Waals surface area contributed by atoms with Crippen molar-refractivity contribution >= 4 is 45.4 Å². The lowest BCUT2D eigenvalue weighted by Gasteiger charge is -2.12. The first-order chi connectivity index (χ1) is 16.6. The summed E-state index contributed by atoms with van der Waals surface area (Å²) in [5.41, 5.74) is 4.18. The van der Waals surface area contributed by atoms with E-state index in [1.54, 1.807) is 4.57 Å². The van der Waals surface area contributed by atoms with Crippen LogP contribution in [0.1, 0.15) is 11.1 Å². The van der Waals surface area contributed by atoms with Gasteiger partial charge >= 0.3 is 0 Å². The summed E-state index contributed by atoms with van der Waals surface area (Å²) < 4.78 is 1.59. The summed E-state index contributed by atoms with van der Waals surface area (Å²) in [4.78, 5) is 42.0. The number of nitrogens with one attached hydrogen (secondary N) is 2. The van der Waals surface area contributed by atoms with Gasteiger partial charge in [0.05, 0.1) is 5.75 Å². The Hall–Kier alpha value is -3.98. The van der Waals surface area contributed by atoms with Crippen LogP contribution in [0.4, 0.5) is 5.69 Å². The van der Waals surface area contributed by atoms with Crippen LogP contribution in [0.15, 0.2) is 77.1 Å². The predicted octanol–water partition coefficient (Wildman–Crippen LogP) is 3.95. The molecule has 2 N–H and O–H groups in total. The number of carbonyl (C=O) groups excluding carboxylic acids is 1. The van der Waals surface area contributed by atoms with Crippen molar-refractivity contribution in [2.45, 2.75) is 25.0 Å². The lowest BCUT2D eigenvalue weighted by Crippen LogP contribution is -2.26. The number of fused-ring (bicyclic) bond motifs is 2. The van der Waals surface area contributed by atoms with E-state index in [9.17, 15) is 9.59 Å². The molecule has 5 aromatic rings. The zero-order chi connectivity index (χ0) is 23.5. The molecule has 34 heavy (non-hydrogen) atoms. The number of H-pyrrole nitrogens is 1. The Morgan fingerprint density at radius 1 is 1.12 bits per heavy atom. The van der Waals surface area contributed by atoms with Gasteiger partial charge in [-0.25, -0.2) is 15.0 Å². The number of aromatic nitrogens is 5. The number of nitrogens with zero attached hydrogens (tertiary/aromatic N) is 4. The maximum atomic E-state index is 13.2. The van der Waals surface area contributed by atoms with Gasteiger partial charge in [-0.1, -0.05) is 42.1 Å². The summed E-state index contributed by atoms with van der Waals surface area (Å²) in [5, 5.41) is 4.45. The van der Waals surface area contributed by atoms with Crippen LogP contribution in [0.2, 0.25) is 0 Å². The van der Waals surface area contributed by atoms with Gasteiger partial charge in [0.1, 0.15) is 0 Å². The summed E-state index contributed by atoms with van der Waals surface area (Å²) in [6.07, 6.45) is 5.58. The van der Waals surface area contributed by atoms with Crippen LogP contribution in [0.5, 0.6) is 0 Å². The van der Waals surface area contributed by atoms with Gasteiger partial charge in [-0.2, -0.15) is 0 Å². The van der Waals surface area contributed by atoms with Gasteiger partial charge in [-0.3, -0.25) is 14.2 Å². The van der Waals surface area contributed by atoms with E-state index in [0.717, 1.165) is 27.7 Å². The van der Waals surface area contributed by atoms with Crippen molar-refractivity contribution in [3.8, 4) is 0 Å². The zero-order valence-electron chi connectivity index (χ0n) is 18.5. The molecule has 0 aliphatic carbocycles. The second kappa shape index (κ2) is 9.48. The number of aryl methyl sites for hydroxylation is 2. The highest BCUT2D eigenvalue weighted by molar-refractivity contribution is 7.99. The van der Waals surface area contributed by atoms with Gasteiger partial charge < -0.3 is 10.3 Å². The monoisotopic (exact) mass is 470 g/mol. The highest BCUT2D eigenvalue weighted by Crippen LogP contribution is 2.21. The van der Waals surface area contributed by atoms with Crippen molar-refractivity contribution < 1.29 is 4.79 Å². The number of aromatic amines is 1. The maximum absolute atomic E-state index is 13.2. The first kappa shape index (κ1) is 21.8. The third-order valence-corrected chi connectivity index (χ3v) is 6.45. The minimum atomic E-state index is -0.264. The lowest BCUT2D eigenvalue weighted by molar-refractivity contribution is -0.113. The maximum Gasteiger partial charge on any atom is 0.282 e. The molecule has 0 aliphatic rings. The lowest BCUT2D eigenvalue weighted by atomic mass is 10.1. The molecule has 0 saturated heterocycles. The van der Waals surface area contributed by atoms with Crippen LogP contribution in [0.3, 0.4) is 0 Å². The van der Waals surface area contributed by atoms with Crippen molar-refractivity contribution in [1.29, 1.82) is 0 Å². The summed E-state index contributed by atoms with van der Waals surface area (Å²) in [5.74, 6) is -0.0635. The van der Waals surface area contributed by atoms with Crippen LogP contribution >= 0.6 is 11.8 Å². The third-order valence-electron chi connectivity index (χ3n) is 5.47. The van der Waals surface area contributed by atoms with E-state index in [4.69, 9.17) is 0 Å². The molecule has 9 heteroatoms. The zero-order valence-corrected chi connectivity index (χ0v) is 19.3. The molecule has 0 fully saturated rings. The van der Waals surface area contributed by atoms with Crippen LogP contribution in [0.25, 0.3) is 22.1 Å². The predicted molar refractivity (Wildman–Crippen MR) is 134 cm³/mol. The van der Waals surface area contributed by atoms with Crippen LogP contribution in [0, 0.1) is 6.92 Å². The molecular weight excluding hydrogens is 448 g/mol. The molecule has 170 valence electrons. The molecule has 0 saturated carbocycles. The molecule has 3 heterocycles. The Morgan fingerprint density at radius 2 is 1.97 bits per heavy atom. The third kappa shape index (κ3) is 4.55.